The van der Waals surface area contributed by atoms with Gasteiger partial charge in [-0.25, -0.2) is 0 Å². The summed E-state index contributed by atoms with van der Waals surface area (Å²) in [7, 11) is 0. The fourth-order valence-electron chi connectivity index (χ4n) is 3.09. The third kappa shape index (κ3) is 2.88. The van der Waals surface area contributed by atoms with E-state index in [2.05, 4.69) is 21.6 Å². The van der Waals surface area contributed by atoms with E-state index in [-0.39, 0.29) is 11.8 Å². The first-order chi connectivity index (χ1) is 9.33. The van der Waals surface area contributed by atoms with Crippen molar-refractivity contribution in [3.05, 3.63) is 29.1 Å². The van der Waals surface area contributed by atoms with Gasteiger partial charge >= 0.3 is 0 Å². The lowest BCUT2D eigenvalue weighted by Gasteiger charge is -2.20. The third-order valence-electron chi connectivity index (χ3n) is 4.27. The Hall–Kier alpha value is -1.58. The molecule has 0 fully saturated rings. The van der Waals surface area contributed by atoms with Gasteiger partial charge in [-0.15, -0.1) is 0 Å². The van der Waals surface area contributed by atoms with Crippen molar-refractivity contribution in [2.75, 3.05) is 6.54 Å². The maximum absolute atomic E-state index is 12.1. The third-order valence-corrected chi connectivity index (χ3v) is 4.27. The predicted molar refractivity (Wildman–Crippen MR) is 73.7 cm³/mol. The van der Waals surface area contributed by atoms with Gasteiger partial charge in [0.2, 0.25) is 5.91 Å². The van der Waals surface area contributed by atoms with Gasteiger partial charge in [-0.05, 0) is 44.1 Å². The van der Waals surface area contributed by atoms with Gasteiger partial charge in [0.1, 0.15) is 0 Å². The van der Waals surface area contributed by atoms with Crippen LogP contribution in [0.15, 0.2) is 17.8 Å². The Labute approximate surface area is 113 Å². The first-order valence-corrected chi connectivity index (χ1v) is 7.29. The molecule has 2 aliphatic rings. The highest BCUT2D eigenvalue weighted by molar-refractivity contribution is 5.79. The molecule has 0 bridgehead atoms. The van der Waals surface area contributed by atoms with Crippen LogP contribution in [0.1, 0.15) is 43.4 Å². The maximum Gasteiger partial charge on any atom is 0.223 e. The standard InChI is InChI=1S/C15H21N3O/c19-15(16-8-7-11-3-1-2-4-11)12-5-6-13-10-17-18-14(13)9-12/h3,10,12H,1-2,4-9H2,(H,16,19)(H,17,18). The lowest BCUT2D eigenvalue weighted by atomic mass is 9.87. The Kier molecular flexibility index (Phi) is 3.67. The number of aromatic nitrogens is 2. The van der Waals surface area contributed by atoms with Gasteiger partial charge in [0, 0.05) is 24.6 Å². The summed E-state index contributed by atoms with van der Waals surface area (Å²) in [4.78, 5) is 12.1. The molecule has 0 radical (unpaired) electrons. The van der Waals surface area contributed by atoms with Crippen LogP contribution in [0.2, 0.25) is 0 Å². The molecule has 2 aliphatic carbocycles. The summed E-state index contributed by atoms with van der Waals surface area (Å²) in [5.41, 5.74) is 3.94. The molecule has 4 heteroatoms. The highest BCUT2D eigenvalue weighted by Crippen LogP contribution is 2.24. The van der Waals surface area contributed by atoms with Crippen LogP contribution in [0.25, 0.3) is 0 Å². The van der Waals surface area contributed by atoms with Gasteiger partial charge < -0.3 is 5.32 Å². The Morgan fingerprint density at radius 1 is 1.47 bits per heavy atom. The Bertz CT molecular complexity index is 489. The van der Waals surface area contributed by atoms with E-state index in [9.17, 15) is 4.79 Å². The van der Waals surface area contributed by atoms with Crippen LogP contribution in [0.3, 0.4) is 0 Å². The van der Waals surface area contributed by atoms with E-state index in [4.69, 9.17) is 0 Å². The molecule has 0 saturated carbocycles. The van der Waals surface area contributed by atoms with Crippen molar-refractivity contribution in [3.63, 3.8) is 0 Å². The molecule has 1 atom stereocenters. The molecule has 4 nitrogen and oxygen atoms in total. The summed E-state index contributed by atoms with van der Waals surface area (Å²) in [6.07, 6.45) is 11.7. The quantitative estimate of drug-likeness (QED) is 0.814. The lowest BCUT2D eigenvalue weighted by Crippen LogP contribution is -2.34. The maximum atomic E-state index is 12.1. The highest BCUT2D eigenvalue weighted by atomic mass is 16.1. The second-order valence-electron chi connectivity index (χ2n) is 5.61. The fraction of sp³-hybridized carbons (Fsp3) is 0.600. The van der Waals surface area contributed by atoms with Crippen molar-refractivity contribution in [1.29, 1.82) is 0 Å². The molecule has 1 unspecified atom stereocenters. The number of fused-ring (bicyclic) bond motifs is 1. The molecule has 0 spiro atoms. The Balaban J connectivity index is 1.46. The van der Waals surface area contributed by atoms with E-state index in [0.29, 0.717) is 0 Å². The van der Waals surface area contributed by atoms with Crippen molar-refractivity contribution in [2.24, 2.45) is 5.92 Å². The molecule has 0 aliphatic heterocycles. The average Bonchev–Trinajstić information content (AvgIpc) is 3.08. The summed E-state index contributed by atoms with van der Waals surface area (Å²) >= 11 is 0. The first kappa shape index (κ1) is 12.5. The van der Waals surface area contributed by atoms with E-state index in [1.165, 1.54) is 30.4 Å². The summed E-state index contributed by atoms with van der Waals surface area (Å²) in [5, 5.41) is 10.1. The van der Waals surface area contributed by atoms with Gasteiger partial charge in [0.05, 0.1) is 6.20 Å². The van der Waals surface area contributed by atoms with E-state index < -0.39 is 0 Å². The number of rotatable bonds is 4. The summed E-state index contributed by atoms with van der Waals surface area (Å²) in [6, 6.07) is 0. The minimum atomic E-state index is 0.116. The van der Waals surface area contributed by atoms with Crippen LogP contribution in [0.4, 0.5) is 0 Å². The molecular formula is C15H21N3O. The second kappa shape index (κ2) is 5.59. The number of carbonyl (C=O) groups is 1. The zero-order chi connectivity index (χ0) is 13.1. The topological polar surface area (TPSA) is 57.8 Å². The molecule has 0 aromatic carbocycles. The normalized spacial score (nSPS) is 21.9. The number of nitrogens with zero attached hydrogens (tertiary/aromatic N) is 1. The van der Waals surface area contributed by atoms with Crippen molar-refractivity contribution >= 4 is 5.91 Å². The number of aryl methyl sites for hydroxylation is 1. The monoisotopic (exact) mass is 259 g/mol. The van der Waals surface area contributed by atoms with Crippen LogP contribution in [0.5, 0.6) is 0 Å². The van der Waals surface area contributed by atoms with Gasteiger partial charge in [-0.3, -0.25) is 9.89 Å². The predicted octanol–water partition coefficient (Wildman–Crippen LogP) is 2.13. The second-order valence-corrected chi connectivity index (χ2v) is 5.61. The molecule has 0 saturated heterocycles. The average molecular weight is 259 g/mol. The van der Waals surface area contributed by atoms with Crippen molar-refractivity contribution in [3.8, 4) is 0 Å². The first-order valence-electron chi connectivity index (χ1n) is 7.29. The minimum absolute atomic E-state index is 0.116. The Morgan fingerprint density at radius 3 is 3.26 bits per heavy atom. The van der Waals surface area contributed by atoms with E-state index in [1.807, 2.05) is 6.20 Å². The molecular weight excluding hydrogens is 238 g/mol. The van der Waals surface area contributed by atoms with E-state index in [1.54, 1.807) is 0 Å². The molecule has 1 aromatic heterocycles. The van der Waals surface area contributed by atoms with Gasteiger partial charge in [0.25, 0.3) is 0 Å². The highest BCUT2D eigenvalue weighted by Gasteiger charge is 2.25. The SMILES string of the molecule is O=C(NCCC1=CCCC1)C1CCc2cn[nH]c2C1. The van der Waals surface area contributed by atoms with Crippen LogP contribution < -0.4 is 5.32 Å². The van der Waals surface area contributed by atoms with Crippen molar-refractivity contribution < 1.29 is 4.79 Å². The number of aromatic amines is 1. The molecule has 1 amide bonds. The summed E-state index contributed by atoms with van der Waals surface area (Å²) in [5.74, 6) is 0.323. The number of nitrogens with one attached hydrogen (secondary N) is 2. The molecule has 19 heavy (non-hydrogen) atoms. The minimum Gasteiger partial charge on any atom is -0.356 e. The van der Waals surface area contributed by atoms with Crippen molar-refractivity contribution in [1.82, 2.24) is 15.5 Å². The molecule has 102 valence electrons. The zero-order valence-corrected chi connectivity index (χ0v) is 11.2. The largest absolute Gasteiger partial charge is 0.356 e. The van der Waals surface area contributed by atoms with Crippen LogP contribution in [-0.2, 0) is 17.6 Å². The number of H-pyrrole nitrogens is 1. The van der Waals surface area contributed by atoms with Crippen LogP contribution >= 0.6 is 0 Å². The molecule has 2 N–H and O–H groups in total. The van der Waals surface area contributed by atoms with Crippen LogP contribution in [0, 0.1) is 5.92 Å². The molecule has 3 rings (SSSR count). The number of amides is 1. The van der Waals surface area contributed by atoms with Gasteiger partial charge in [-0.1, -0.05) is 11.6 Å². The van der Waals surface area contributed by atoms with Crippen molar-refractivity contribution in [2.45, 2.75) is 44.9 Å². The van der Waals surface area contributed by atoms with Gasteiger partial charge in [0.15, 0.2) is 0 Å². The van der Waals surface area contributed by atoms with Gasteiger partial charge in [-0.2, -0.15) is 5.10 Å². The number of allylic oxidation sites excluding steroid dienone is 1. The zero-order valence-electron chi connectivity index (χ0n) is 11.2. The molecule has 1 heterocycles. The smallest absolute Gasteiger partial charge is 0.223 e. The molecule has 1 aromatic rings. The van der Waals surface area contributed by atoms with E-state index in [0.717, 1.165) is 37.9 Å². The summed E-state index contributed by atoms with van der Waals surface area (Å²) < 4.78 is 0. The fourth-order valence-corrected chi connectivity index (χ4v) is 3.09. The number of hydrogen-bond acceptors (Lipinski definition) is 2. The summed E-state index contributed by atoms with van der Waals surface area (Å²) in [6.45, 7) is 0.789. The number of carbonyl (C=O) groups excluding carboxylic acids is 1. The lowest BCUT2D eigenvalue weighted by molar-refractivity contribution is -0.125. The van der Waals surface area contributed by atoms with E-state index >= 15 is 0 Å². The number of hydrogen-bond donors (Lipinski definition) is 2. The van der Waals surface area contributed by atoms with Crippen LogP contribution in [-0.4, -0.2) is 22.6 Å². The Morgan fingerprint density at radius 2 is 2.42 bits per heavy atom.